The second-order valence-electron chi connectivity index (χ2n) is 4.70. The van der Waals surface area contributed by atoms with E-state index in [0.29, 0.717) is 11.4 Å². The Morgan fingerprint density at radius 1 is 1.40 bits per heavy atom. The van der Waals surface area contributed by atoms with E-state index < -0.39 is 0 Å². The molecule has 106 valence electrons. The largest absolute Gasteiger partial charge is 0.342 e. The highest BCUT2D eigenvalue weighted by atomic mass is 35.5. The Bertz CT molecular complexity index is 577. The van der Waals surface area contributed by atoms with Gasteiger partial charge < -0.3 is 9.88 Å². The summed E-state index contributed by atoms with van der Waals surface area (Å²) in [7, 11) is 1.91. The Morgan fingerprint density at radius 3 is 2.65 bits per heavy atom. The highest BCUT2D eigenvalue weighted by molar-refractivity contribution is 6.30. The molecule has 0 bridgehead atoms. The van der Waals surface area contributed by atoms with Crippen LogP contribution in [0.1, 0.15) is 37.2 Å². The smallest absolute Gasteiger partial charge is 0.220 e. The molecule has 4 nitrogen and oxygen atoms in total. The van der Waals surface area contributed by atoms with Crippen LogP contribution in [0.15, 0.2) is 36.7 Å². The molecular weight excluding hydrogens is 274 g/mol. The Labute approximate surface area is 123 Å². The van der Waals surface area contributed by atoms with Gasteiger partial charge in [-0.2, -0.15) is 0 Å². The summed E-state index contributed by atoms with van der Waals surface area (Å²) >= 11 is 5.92. The van der Waals surface area contributed by atoms with Gasteiger partial charge in [-0.1, -0.05) is 30.7 Å². The van der Waals surface area contributed by atoms with Crippen molar-refractivity contribution in [2.75, 3.05) is 0 Å². The number of aryl methyl sites for hydroxylation is 1. The van der Waals surface area contributed by atoms with Crippen molar-refractivity contribution in [1.82, 2.24) is 14.9 Å². The maximum absolute atomic E-state index is 11.9. The lowest BCUT2D eigenvalue weighted by Crippen LogP contribution is -2.30. The van der Waals surface area contributed by atoms with Gasteiger partial charge in [-0.25, -0.2) is 4.98 Å². The van der Waals surface area contributed by atoms with E-state index >= 15 is 0 Å². The van der Waals surface area contributed by atoms with Crippen molar-refractivity contribution >= 4 is 17.5 Å². The van der Waals surface area contributed by atoms with Crippen LogP contribution in [0.25, 0.3) is 0 Å². The zero-order chi connectivity index (χ0) is 14.5. The zero-order valence-corrected chi connectivity index (χ0v) is 12.4. The van der Waals surface area contributed by atoms with Crippen molar-refractivity contribution in [1.29, 1.82) is 0 Å². The Kier molecular flexibility index (Phi) is 4.79. The molecule has 0 spiro atoms. The highest BCUT2D eigenvalue weighted by Gasteiger charge is 2.20. The summed E-state index contributed by atoms with van der Waals surface area (Å²) in [5.41, 5.74) is 0.966. The molecule has 1 aromatic heterocycles. The lowest BCUT2D eigenvalue weighted by Gasteiger charge is -2.19. The molecule has 20 heavy (non-hydrogen) atoms. The predicted octanol–water partition coefficient (Wildman–Crippen LogP) is 3.08. The minimum atomic E-state index is -0.258. The van der Waals surface area contributed by atoms with Crippen molar-refractivity contribution < 1.29 is 4.79 Å². The van der Waals surface area contributed by atoms with Crippen molar-refractivity contribution in [3.8, 4) is 0 Å². The molecule has 1 unspecified atom stereocenters. The van der Waals surface area contributed by atoms with Gasteiger partial charge in [0.2, 0.25) is 5.91 Å². The van der Waals surface area contributed by atoms with E-state index in [9.17, 15) is 4.79 Å². The standard InChI is InChI=1S/C15H18ClN3O/c1-3-4-13(20)18-14(15-17-9-10-19(15)2)11-5-7-12(16)8-6-11/h5-10,14H,3-4H2,1-2H3,(H,18,20). The van der Waals surface area contributed by atoms with Gasteiger partial charge in [0, 0.05) is 30.9 Å². The fourth-order valence-electron chi connectivity index (χ4n) is 2.07. The van der Waals surface area contributed by atoms with E-state index in [1.165, 1.54) is 0 Å². The molecule has 1 N–H and O–H groups in total. The summed E-state index contributed by atoms with van der Waals surface area (Å²) in [6, 6.07) is 7.20. The number of carbonyl (C=O) groups is 1. The molecular formula is C15H18ClN3O. The average Bonchev–Trinajstić information content (AvgIpc) is 2.84. The van der Waals surface area contributed by atoms with Gasteiger partial charge in [0.15, 0.2) is 0 Å². The zero-order valence-electron chi connectivity index (χ0n) is 11.6. The molecule has 0 saturated carbocycles. The first-order valence-electron chi connectivity index (χ1n) is 6.64. The van der Waals surface area contributed by atoms with Gasteiger partial charge in [-0.15, -0.1) is 0 Å². The molecule has 1 heterocycles. The predicted molar refractivity (Wildman–Crippen MR) is 79.6 cm³/mol. The van der Waals surface area contributed by atoms with E-state index in [1.807, 2.05) is 49.0 Å². The van der Waals surface area contributed by atoms with Crippen LogP contribution in [0.4, 0.5) is 0 Å². The second kappa shape index (κ2) is 6.57. The molecule has 2 aromatic rings. The number of nitrogens with one attached hydrogen (secondary N) is 1. The summed E-state index contributed by atoms with van der Waals surface area (Å²) < 4.78 is 1.91. The van der Waals surface area contributed by atoms with Gasteiger partial charge >= 0.3 is 0 Å². The first-order valence-corrected chi connectivity index (χ1v) is 7.01. The topological polar surface area (TPSA) is 46.9 Å². The van der Waals surface area contributed by atoms with E-state index in [-0.39, 0.29) is 11.9 Å². The van der Waals surface area contributed by atoms with Crippen LogP contribution in [-0.2, 0) is 11.8 Å². The molecule has 0 fully saturated rings. The van der Waals surface area contributed by atoms with E-state index in [1.54, 1.807) is 6.20 Å². The first kappa shape index (κ1) is 14.6. The molecule has 0 saturated heterocycles. The third-order valence-corrected chi connectivity index (χ3v) is 3.35. The number of aromatic nitrogens is 2. The van der Waals surface area contributed by atoms with Crippen LogP contribution in [0.5, 0.6) is 0 Å². The van der Waals surface area contributed by atoms with Gasteiger partial charge in [-0.3, -0.25) is 4.79 Å². The quantitative estimate of drug-likeness (QED) is 0.920. The first-order chi connectivity index (χ1) is 9.61. The van der Waals surface area contributed by atoms with E-state index in [0.717, 1.165) is 17.8 Å². The molecule has 0 aliphatic carbocycles. The minimum absolute atomic E-state index is 0.0236. The number of hydrogen-bond donors (Lipinski definition) is 1. The Hall–Kier alpha value is -1.81. The van der Waals surface area contributed by atoms with Crippen LogP contribution in [-0.4, -0.2) is 15.5 Å². The molecule has 1 atom stereocenters. The number of carbonyl (C=O) groups excluding carboxylic acids is 1. The second-order valence-corrected chi connectivity index (χ2v) is 5.13. The van der Waals surface area contributed by atoms with E-state index in [2.05, 4.69) is 10.3 Å². The maximum atomic E-state index is 11.9. The van der Waals surface area contributed by atoms with Crippen molar-refractivity contribution in [2.45, 2.75) is 25.8 Å². The maximum Gasteiger partial charge on any atom is 0.220 e. The average molecular weight is 292 g/mol. The molecule has 1 amide bonds. The number of benzene rings is 1. The van der Waals surface area contributed by atoms with Gasteiger partial charge in [0.25, 0.3) is 0 Å². The molecule has 0 aliphatic rings. The molecule has 0 aliphatic heterocycles. The van der Waals surface area contributed by atoms with Crippen molar-refractivity contribution in [3.63, 3.8) is 0 Å². The summed E-state index contributed by atoms with van der Waals surface area (Å²) in [6.45, 7) is 1.98. The fourth-order valence-corrected chi connectivity index (χ4v) is 2.19. The number of imidazole rings is 1. The number of hydrogen-bond acceptors (Lipinski definition) is 2. The van der Waals surface area contributed by atoms with Crippen LogP contribution in [0, 0.1) is 0 Å². The lowest BCUT2D eigenvalue weighted by atomic mass is 10.1. The fraction of sp³-hybridized carbons (Fsp3) is 0.333. The summed E-state index contributed by atoms with van der Waals surface area (Å²) in [6.07, 6.45) is 4.92. The summed E-state index contributed by atoms with van der Waals surface area (Å²) in [5.74, 6) is 0.826. The van der Waals surface area contributed by atoms with Crippen molar-refractivity contribution in [3.05, 3.63) is 53.1 Å². The van der Waals surface area contributed by atoms with Gasteiger partial charge in [0.05, 0.1) is 0 Å². The third kappa shape index (κ3) is 3.39. The van der Waals surface area contributed by atoms with Crippen LogP contribution in [0.3, 0.4) is 0 Å². The SMILES string of the molecule is CCCC(=O)NC(c1ccc(Cl)cc1)c1nccn1C. The van der Waals surface area contributed by atoms with Crippen LogP contribution >= 0.6 is 11.6 Å². The van der Waals surface area contributed by atoms with Gasteiger partial charge in [0.1, 0.15) is 11.9 Å². The van der Waals surface area contributed by atoms with Crippen molar-refractivity contribution in [2.24, 2.45) is 7.05 Å². The van der Waals surface area contributed by atoms with E-state index in [4.69, 9.17) is 11.6 Å². The van der Waals surface area contributed by atoms with Gasteiger partial charge in [-0.05, 0) is 24.1 Å². The Morgan fingerprint density at radius 2 is 2.10 bits per heavy atom. The van der Waals surface area contributed by atoms with Crippen LogP contribution in [0.2, 0.25) is 5.02 Å². The summed E-state index contributed by atoms with van der Waals surface area (Å²) in [5, 5.41) is 3.70. The monoisotopic (exact) mass is 291 g/mol. The highest BCUT2D eigenvalue weighted by Crippen LogP contribution is 2.22. The minimum Gasteiger partial charge on any atom is -0.342 e. The number of nitrogens with zero attached hydrogens (tertiary/aromatic N) is 2. The molecule has 0 radical (unpaired) electrons. The number of amides is 1. The number of halogens is 1. The molecule has 2 rings (SSSR count). The van der Waals surface area contributed by atoms with Crippen LogP contribution < -0.4 is 5.32 Å². The summed E-state index contributed by atoms with van der Waals surface area (Å²) in [4.78, 5) is 16.3. The third-order valence-electron chi connectivity index (χ3n) is 3.10. The Balaban J connectivity index is 2.31. The molecule has 1 aromatic carbocycles. The lowest BCUT2D eigenvalue weighted by molar-refractivity contribution is -0.121. The number of rotatable bonds is 5. The normalized spacial score (nSPS) is 12.2. The molecule has 5 heteroatoms.